The summed E-state index contributed by atoms with van der Waals surface area (Å²) in [7, 11) is 0. The van der Waals surface area contributed by atoms with Crippen molar-refractivity contribution in [2.75, 3.05) is 0 Å². The average molecular weight is 302 g/mol. The minimum absolute atomic E-state index is 0.310. The zero-order chi connectivity index (χ0) is 12.5. The fourth-order valence-corrected chi connectivity index (χ4v) is 2.66. The van der Waals surface area contributed by atoms with E-state index >= 15 is 0 Å². The molecule has 3 aromatic rings. The number of nitrogens with zero attached hydrogens (tertiary/aromatic N) is 1. The van der Waals surface area contributed by atoms with E-state index in [1.54, 1.807) is 12.1 Å². The largest absolute Gasteiger partial charge is 0.508 e. The minimum atomic E-state index is 0.310. The van der Waals surface area contributed by atoms with Gasteiger partial charge in [0.15, 0.2) is 0 Å². The molecule has 2 aromatic carbocycles. The first-order chi connectivity index (χ1) is 8.74. The molecule has 0 saturated carbocycles. The number of aromatic hydroxyl groups is 1. The molecule has 1 aromatic heterocycles. The summed E-state index contributed by atoms with van der Waals surface area (Å²) in [4.78, 5) is 0. The maximum Gasteiger partial charge on any atom is 0.115 e. The van der Waals surface area contributed by atoms with Crippen molar-refractivity contribution in [3.63, 3.8) is 0 Å². The number of phenols is 1. The van der Waals surface area contributed by atoms with E-state index in [9.17, 15) is 5.11 Å². The summed E-state index contributed by atoms with van der Waals surface area (Å²) in [5.41, 5.74) is 2.28. The van der Waals surface area contributed by atoms with Gasteiger partial charge in [0.05, 0.1) is 0 Å². The van der Waals surface area contributed by atoms with Crippen LogP contribution in [0.2, 0.25) is 0 Å². The lowest BCUT2D eigenvalue weighted by Gasteiger charge is -2.06. The Morgan fingerprint density at radius 3 is 2.72 bits per heavy atom. The Balaban J connectivity index is 2.03. The highest BCUT2D eigenvalue weighted by Crippen LogP contribution is 2.25. The molecule has 0 spiro atoms. The Labute approximate surface area is 114 Å². The van der Waals surface area contributed by atoms with Crippen molar-refractivity contribution >= 4 is 26.8 Å². The maximum atomic E-state index is 9.48. The second kappa shape index (κ2) is 4.50. The number of rotatable bonds is 2. The summed E-state index contributed by atoms with van der Waals surface area (Å²) >= 11 is 3.55. The van der Waals surface area contributed by atoms with Crippen LogP contribution in [0.3, 0.4) is 0 Å². The molecule has 90 valence electrons. The van der Waals surface area contributed by atoms with E-state index in [0.29, 0.717) is 5.75 Å². The number of hydrogen-bond acceptors (Lipinski definition) is 1. The molecule has 0 radical (unpaired) electrons. The zero-order valence-corrected chi connectivity index (χ0v) is 11.3. The normalized spacial score (nSPS) is 10.9. The molecule has 0 fully saturated rings. The highest BCUT2D eigenvalue weighted by molar-refractivity contribution is 9.10. The van der Waals surface area contributed by atoms with Gasteiger partial charge in [-0.1, -0.05) is 34.1 Å². The third-order valence-electron chi connectivity index (χ3n) is 3.02. The van der Waals surface area contributed by atoms with Crippen molar-refractivity contribution in [2.24, 2.45) is 0 Å². The van der Waals surface area contributed by atoms with Crippen molar-refractivity contribution in [3.05, 3.63) is 64.8 Å². The van der Waals surface area contributed by atoms with Crippen LogP contribution in [0.15, 0.2) is 59.2 Å². The molecule has 1 heterocycles. The van der Waals surface area contributed by atoms with Crippen LogP contribution in [-0.4, -0.2) is 9.67 Å². The van der Waals surface area contributed by atoms with Crippen LogP contribution >= 0.6 is 15.9 Å². The maximum absolute atomic E-state index is 9.48. The van der Waals surface area contributed by atoms with Gasteiger partial charge in [-0.2, -0.15) is 0 Å². The van der Waals surface area contributed by atoms with Crippen molar-refractivity contribution in [1.29, 1.82) is 0 Å². The smallest absolute Gasteiger partial charge is 0.115 e. The van der Waals surface area contributed by atoms with Gasteiger partial charge < -0.3 is 9.67 Å². The van der Waals surface area contributed by atoms with Gasteiger partial charge >= 0.3 is 0 Å². The third kappa shape index (κ3) is 2.02. The van der Waals surface area contributed by atoms with Gasteiger partial charge in [0.2, 0.25) is 0 Å². The predicted molar refractivity (Wildman–Crippen MR) is 76.8 cm³/mol. The molecule has 18 heavy (non-hydrogen) atoms. The molecular weight excluding hydrogens is 290 g/mol. The first kappa shape index (κ1) is 11.4. The van der Waals surface area contributed by atoms with Crippen LogP contribution in [0.25, 0.3) is 10.9 Å². The molecule has 3 rings (SSSR count). The van der Waals surface area contributed by atoms with Crippen molar-refractivity contribution in [3.8, 4) is 5.75 Å². The summed E-state index contributed by atoms with van der Waals surface area (Å²) in [6.07, 6.45) is 2.07. The van der Waals surface area contributed by atoms with Gasteiger partial charge in [-0.25, -0.2) is 0 Å². The Bertz CT molecular complexity index is 703. The molecule has 0 amide bonds. The van der Waals surface area contributed by atoms with Gasteiger partial charge in [0.1, 0.15) is 5.75 Å². The molecule has 0 atom stereocenters. The second-order valence-corrected chi connectivity index (χ2v) is 5.14. The molecule has 0 aliphatic carbocycles. The van der Waals surface area contributed by atoms with Crippen LogP contribution in [0.5, 0.6) is 5.75 Å². The van der Waals surface area contributed by atoms with E-state index in [1.165, 1.54) is 10.9 Å². The molecule has 0 unspecified atom stereocenters. The number of hydrogen-bond donors (Lipinski definition) is 1. The van der Waals surface area contributed by atoms with Gasteiger partial charge in [-0.15, -0.1) is 0 Å². The topological polar surface area (TPSA) is 25.2 Å². The Hall–Kier alpha value is -1.74. The number of halogens is 1. The van der Waals surface area contributed by atoms with Gasteiger partial charge in [0.25, 0.3) is 0 Å². The lowest BCUT2D eigenvalue weighted by atomic mass is 10.2. The lowest BCUT2D eigenvalue weighted by molar-refractivity contribution is 0.474. The summed E-state index contributed by atoms with van der Waals surface area (Å²) in [6.45, 7) is 0.758. The zero-order valence-electron chi connectivity index (χ0n) is 9.68. The van der Waals surface area contributed by atoms with Gasteiger partial charge in [0, 0.05) is 28.1 Å². The molecule has 2 nitrogen and oxygen atoms in total. The molecule has 0 bridgehead atoms. The van der Waals surface area contributed by atoms with Crippen LogP contribution in [0.4, 0.5) is 0 Å². The number of phenolic OH excluding ortho intramolecular Hbond substituents is 1. The second-order valence-electron chi connectivity index (χ2n) is 4.29. The molecule has 0 saturated heterocycles. The predicted octanol–water partition coefficient (Wildman–Crippen LogP) is 4.16. The Morgan fingerprint density at radius 1 is 1.06 bits per heavy atom. The van der Waals surface area contributed by atoms with Crippen LogP contribution < -0.4 is 0 Å². The van der Waals surface area contributed by atoms with E-state index in [2.05, 4.69) is 38.8 Å². The summed E-state index contributed by atoms with van der Waals surface area (Å²) in [5.74, 6) is 0.310. The number of aromatic nitrogens is 1. The molecule has 0 aliphatic heterocycles. The van der Waals surface area contributed by atoms with E-state index < -0.39 is 0 Å². The van der Waals surface area contributed by atoms with Crippen molar-refractivity contribution < 1.29 is 5.11 Å². The minimum Gasteiger partial charge on any atom is -0.508 e. The summed E-state index contributed by atoms with van der Waals surface area (Å²) in [6, 6.07) is 15.6. The van der Waals surface area contributed by atoms with E-state index in [0.717, 1.165) is 16.6 Å². The summed E-state index contributed by atoms with van der Waals surface area (Å²) in [5, 5.41) is 10.7. The lowest BCUT2D eigenvalue weighted by Crippen LogP contribution is -1.97. The third-order valence-corrected chi connectivity index (χ3v) is 3.72. The first-order valence-electron chi connectivity index (χ1n) is 5.75. The fourth-order valence-electron chi connectivity index (χ4n) is 2.18. The van der Waals surface area contributed by atoms with Crippen molar-refractivity contribution in [1.82, 2.24) is 4.57 Å². The van der Waals surface area contributed by atoms with Crippen LogP contribution in [0.1, 0.15) is 5.56 Å². The van der Waals surface area contributed by atoms with E-state index in [4.69, 9.17) is 0 Å². The molecular formula is C15H12BrNO. The standard InChI is InChI=1S/C15H12BrNO/c16-14-5-2-6-15-13(14)7-8-17(15)10-11-3-1-4-12(18)9-11/h1-9,18H,10H2. The Morgan fingerprint density at radius 2 is 1.89 bits per heavy atom. The number of fused-ring (bicyclic) bond motifs is 1. The SMILES string of the molecule is Oc1cccc(Cn2ccc3c(Br)cccc32)c1. The summed E-state index contributed by atoms with van der Waals surface area (Å²) < 4.78 is 3.28. The van der Waals surface area contributed by atoms with Crippen molar-refractivity contribution in [2.45, 2.75) is 6.54 Å². The highest BCUT2D eigenvalue weighted by atomic mass is 79.9. The quantitative estimate of drug-likeness (QED) is 0.755. The molecule has 0 aliphatic rings. The Kier molecular flexibility index (Phi) is 2.84. The monoisotopic (exact) mass is 301 g/mol. The fraction of sp³-hybridized carbons (Fsp3) is 0.0667. The number of benzene rings is 2. The van der Waals surface area contributed by atoms with Crippen LogP contribution in [-0.2, 0) is 6.54 Å². The van der Waals surface area contributed by atoms with Gasteiger partial charge in [-0.05, 0) is 35.9 Å². The molecule has 3 heteroatoms. The highest BCUT2D eigenvalue weighted by Gasteiger charge is 2.04. The average Bonchev–Trinajstić information content (AvgIpc) is 2.74. The van der Waals surface area contributed by atoms with E-state index in [-0.39, 0.29) is 0 Å². The first-order valence-corrected chi connectivity index (χ1v) is 6.54. The molecule has 1 N–H and O–H groups in total. The van der Waals surface area contributed by atoms with Gasteiger partial charge in [-0.3, -0.25) is 0 Å². The van der Waals surface area contributed by atoms with Crippen LogP contribution in [0, 0.1) is 0 Å². The van der Waals surface area contributed by atoms with E-state index in [1.807, 2.05) is 24.3 Å².